The number of rotatable bonds is 1. The van der Waals surface area contributed by atoms with Gasteiger partial charge in [-0.05, 0) is 85.9 Å². The normalized spacial score (nSPS) is 56.2. The molecule has 0 radical (unpaired) electrons. The van der Waals surface area contributed by atoms with Crippen LogP contribution >= 0.6 is 0 Å². The van der Waals surface area contributed by atoms with Gasteiger partial charge in [-0.15, -0.1) is 0 Å². The molecule has 1 heteroatoms. The molecule has 0 N–H and O–H groups in total. The zero-order chi connectivity index (χ0) is 14.7. The van der Waals surface area contributed by atoms with Crippen molar-refractivity contribution in [3.8, 4) is 0 Å². The van der Waals surface area contributed by atoms with E-state index in [0.717, 1.165) is 23.7 Å². The van der Waals surface area contributed by atoms with Gasteiger partial charge in [-0.2, -0.15) is 0 Å². The summed E-state index contributed by atoms with van der Waals surface area (Å²) in [7, 11) is 0. The molecule has 0 heterocycles. The molecule has 0 aromatic heterocycles. The van der Waals surface area contributed by atoms with Gasteiger partial charge in [0, 0.05) is 5.92 Å². The molecule has 118 valence electrons. The van der Waals surface area contributed by atoms with E-state index in [4.69, 9.17) is 0 Å². The van der Waals surface area contributed by atoms with E-state index in [9.17, 15) is 4.79 Å². The summed E-state index contributed by atoms with van der Waals surface area (Å²) >= 11 is 0. The van der Waals surface area contributed by atoms with Gasteiger partial charge < -0.3 is 4.79 Å². The van der Waals surface area contributed by atoms with E-state index < -0.39 is 0 Å². The molecule has 0 saturated heterocycles. The van der Waals surface area contributed by atoms with Crippen LogP contribution in [0.5, 0.6) is 0 Å². The highest BCUT2D eigenvalue weighted by Gasteiger charge is 2.59. The lowest BCUT2D eigenvalue weighted by atomic mass is 9.45. The maximum atomic E-state index is 11.5. The first-order valence-corrected chi connectivity index (χ1v) is 9.55. The molecule has 0 bridgehead atoms. The predicted molar refractivity (Wildman–Crippen MR) is 85.9 cm³/mol. The molecule has 4 aliphatic carbocycles. The quantitative estimate of drug-likeness (QED) is 0.603. The highest BCUT2D eigenvalue weighted by molar-refractivity contribution is 5.56. The molecule has 1 nitrogen and oxygen atoms in total. The van der Waals surface area contributed by atoms with Crippen LogP contribution in [0.2, 0.25) is 0 Å². The fraction of sp³-hybridized carbons (Fsp3) is 0.950. The van der Waals surface area contributed by atoms with Crippen molar-refractivity contribution in [3.05, 3.63) is 0 Å². The molecular formula is C20H32O. The molecule has 4 aliphatic rings. The second kappa shape index (κ2) is 4.83. The monoisotopic (exact) mass is 288 g/mol. The average molecular weight is 288 g/mol. The van der Waals surface area contributed by atoms with Crippen LogP contribution in [0.1, 0.15) is 78.1 Å². The first kappa shape index (κ1) is 14.3. The Kier molecular flexibility index (Phi) is 3.28. The van der Waals surface area contributed by atoms with Gasteiger partial charge in [-0.25, -0.2) is 0 Å². The van der Waals surface area contributed by atoms with Crippen LogP contribution in [-0.4, -0.2) is 6.29 Å². The number of hydrogen-bond acceptors (Lipinski definition) is 1. The number of carbonyl (C=O) groups excluding carboxylic acids is 1. The number of carbonyl (C=O) groups is 1. The molecule has 0 amide bonds. The summed E-state index contributed by atoms with van der Waals surface area (Å²) in [6.45, 7) is 5.09. The summed E-state index contributed by atoms with van der Waals surface area (Å²) in [5.41, 5.74) is 0.989. The van der Waals surface area contributed by atoms with Crippen LogP contribution in [0.3, 0.4) is 0 Å². The summed E-state index contributed by atoms with van der Waals surface area (Å²) in [6.07, 6.45) is 15.4. The molecule has 4 rings (SSSR count). The Hall–Kier alpha value is -0.330. The zero-order valence-corrected chi connectivity index (χ0v) is 13.9. The Morgan fingerprint density at radius 1 is 0.810 bits per heavy atom. The van der Waals surface area contributed by atoms with Crippen molar-refractivity contribution in [3.63, 3.8) is 0 Å². The molecule has 21 heavy (non-hydrogen) atoms. The Morgan fingerprint density at radius 2 is 1.62 bits per heavy atom. The fourth-order valence-corrected chi connectivity index (χ4v) is 7.56. The van der Waals surface area contributed by atoms with Crippen LogP contribution in [0.4, 0.5) is 0 Å². The second-order valence-corrected chi connectivity index (χ2v) is 9.27. The van der Waals surface area contributed by atoms with Crippen LogP contribution < -0.4 is 0 Å². The van der Waals surface area contributed by atoms with Gasteiger partial charge in [0.15, 0.2) is 0 Å². The smallest absolute Gasteiger partial charge is 0.123 e. The van der Waals surface area contributed by atoms with Crippen molar-refractivity contribution in [1.29, 1.82) is 0 Å². The zero-order valence-electron chi connectivity index (χ0n) is 13.9. The SMILES string of the molecule is C[C@]12CCCCC1CC[C@@H]1[C@@H]2CC[C@]2(C)C(C=O)CC[C@@H]12. The molecule has 4 saturated carbocycles. The first-order chi connectivity index (χ1) is 10.1. The Labute approximate surface area is 130 Å². The Morgan fingerprint density at radius 3 is 2.43 bits per heavy atom. The average Bonchev–Trinajstić information content (AvgIpc) is 2.83. The second-order valence-electron chi connectivity index (χ2n) is 9.27. The van der Waals surface area contributed by atoms with E-state index in [2.05, 4.69) is 13.8 Å². The molecule has 7 atom stereocenters. The van der Waals surface area contributed by atoms with E-state index in [1.165, 1.54) is 70.5 Å². The van der Waals surface area contributed by atoms with Crippen molar-refractivity contribution in [1.82, 2.24) is 0 Å². The third kappa shape index (κ3) is 1.85. The minimum Gasteiger partial charge on any atom is -0.303 e. The van der Waals surface area contributed by atoms with Gasteiger partial charge in [0.05, 0.1) is 0 Å². The van der Waals surface area contributed by atoms with E-state index in [-0.39, 0.29) is 0 Å². The largest absolute Gasteiger partial charge is 0.303 e. The van der Waals surface area contributed by atoms with Crippen molar-refractivity contribution in [2.45, 2.75) is 78.1 Å². The first-order valence-electron chi connectivity index (χ1n) is 9.55. The maximum Gasteiger partial charge on any atom is 0.123 e. The van der Waals surface area contributed by atoms with E-state index in [1.807, 2.05) is 0 Å². The van der Waals surface area contributed by atoms with Gasteiger partial charge in [0.25, 0.3) is 0 Å². The van der Waals surface area contributed by atoms with E-state index in [1.54, 1.807) is 0 Å². The molecule has 2 unspecified atom stereocenters. The number of aldehydes is 1. The summed E-state index contributed by atoms with van der Waals surface area (Å²) in [6, 6.07) is 0. The molecule has 0 spiro atoms. The van der Waals surface area contributed by atoms with Crippen LogP contribution in [0, 0.1) is 40.4 Å². The molecular weight excluding hydrogens is 256 g/mol. The van der Waals surface area contributed by atoms with Gasteiger partial charge in [0.2, 0.25) is 0 Å². The van der Waals surface area contributed by atoms with Crippen molar-refractivity contribution >= 4 is 6.29 Å². The van der Waals surface area contributed by atoms with Gasteiger partial charge in [-0.1, -0.05) is 26.7 Å². The van der Waals surface area contributed by atoms with Crippen molar-refractivity contribution in [2.24, 2.45) is 40.4 Å². The van der Waals surface area contributed by atoms with Crippen molar-refractivity contribution in [2.75, 3.05) is 0 Å². The summed E-state index contributed by atoms with van der Waals surface area (Å²) in [5, 5.41) is 0. The van der Waals surface area contributed by atoms with Gasteiger partial charge in [0.1, 0.15) is 6.29 Å². The third-order valence-corrected chi connectivity index (χ3v) is 8.82. The van der Waals surface area contributed by atoms with Crippen molar-refractivity contribution < 1.29 is 4.79 Å². The topological polar surface area (TPSA) is 17.1 Å². The van der Waals surface area contributed by atoms with Gasteiger partial charge >= 0.3 is 0 Å². The number of hydrogen-bond donors (Lipinski definition) is 0. The van der Waals surface area contributed by atoms with Crippen LogP contribution in [-0.2, 0) is 4.79 Å². The third-order valence-electron chi connectivity index (χ3n) is 8.82. The minimum absolute atomic E-state index is 0.348. The Bertz CT molecular complexity index is 430. The molecule has 0 aliphatic heterocycles. The fourth-order valence-electron chi connectivity index (χ4n) is 7.56. The molecule has 0 aromatic carbocycles. The lowest BCUT2D eigenvalue weighted by Gasteiger charge is -2.60. The lowest BCUT2D eigenvalue weighted by Crippen LogP contribution is -2.52. The standard InChI is InChI=1S/C20H32O/c1-19-11-4-3-5-14(19)6-8-16-17-9-7-15(13-21)20(17,2)12-10-18(16)19/h13-18H,3-12H2,1-2H3/t14?,15?,16-,17-,18-,19-,20+/m0/s1. The highest BCUT2D eigenvalue weighted by Crippen LogP contribution is 2.67. The molecule has 0 aromatic rings. The minimum atomic E-state index is 0.348. The lowest BCUT2D eigenvalue weighted by molar-refractivity contribution is -0.125. The maximum absolute atomic E-state index is 11.5. The van der Waals surface area contributed by atoms with E-state index >= 15 is 0 Å². The highest BCUT2D eigenvalue weighted by atomic mass is 16.1. The molecule has 4 fully saturated rings. The summed E-state index contributed by atoms with van der Waals surface area (Å²) in [5.74, 6) is 4.14. The number of fused-ring (bicyclic) bond motifs is 5. The predicted octanol–water partition coefficient (Wildman–Crippen LogP) is 5.23. The van der Waals surface area contributed by atoms with Crippen LogP contribution in [0.15, 0.2) is 0 Å². The summed E-state index contributed by atoms with van der Waals surface area (Å²) < 4.78 is 0. The summed E-state index contributed by atoms with van der Waals surface area (Å²) in [4.78, 5) is 11.5. The Balaban J connectivity index is 1.64. The van der Waals surface area contributed by atoms with E-state index in [0.29, 0.717) is 16.7 Å². The van der Waals surface area contributed by atoms with Gasteiger partial charge in [-0.3, -0.25) is 0 Å². The van der Waals surface area contributed by atoms with Crippen LogP contribution in [0.25, 0.3) is 0 Å².